The molecule has 0 unspecified atom stereocenters. The van der Waals surface area contributed by atoms with E-state index in [4.69, 9.17) is 0 Å². The van der Waals surface area contributed by atoms with E-state index in [0.29, 0.717) is 11.5 Å². The molecule has 23 heavy (non-hydrogen) atoms. The Morgan fingerprint density at radius 3 is 2.09 bits per heavy atom. The van der Waals surface area contributed by atoms with Gasteiger partial charge >= 0.3 is 0 Å². The summed E-state index contributed by atoms with van der Waals surface area (Å²) in [6, 6.07) is 24.3. The number of hydrogen-bond donors (Lipinski definition) is 1. The van der Waals surface area contributed by atoms with Gasteiger partial charge in [-0.15, -0.1) is 14.8 Å². The first-order valence-corrected chi connectivity index (χ1v) is 7.32. The molecule has 0 bridgehead atoms. The van der Waals surface area contributed by atoms with E-state index in [1.807, 2.05) is 48.5 Å². The number of nitrogens with one attached hydrogen (secondary N) is 1. The molecule has 0 fully saturated rings. The molecule has 2 heterocycles. The van der Waals surface area contributed by atoms with Gasteiger partial charge in [-0.1, -0.05) is 60.7 Å². The third kappa shape index (κ3) is 2.74. The zero-order valence-corrected chi connectivity index (χ0v) is 12.2. The summed E-state index contributed by atoms with van der Waals surface area (Å²) in [6.45, 7) is 0. The van der Waals surface area contributed by atoms with Crippen molar-refractivity contribution in [3.8, 4) is 0 Å². The Bertz CT molecular complexity index is 864. The maximum atomic E-state index is 4.40. The summed E-state index contributed by atoms with van der Waals surface area (Å²) in [7, 11) is 0. The van der Waals surface area contributed by atoms with Crippen LogP contribution in [0.4, 0.5) is 5.82 Å². The molecule has 0 aliphatic heterocycles. The highest BCUT2D eigenvalue weighted by Crippen LogP contribution is 2.25. The third-order valence-electron chi connectivity index (χ3n) is 3.63. The van der Waals surface area contributed by atoms with Gasteiger partial charge in [0.1, 0.15) is 5.82 Å². The fourth-order valence-corrected chi connectivity index (χ4v) is 2.52. The summed E-state index contributed by atoms with van der Waals surface area (Å²) in [4.78, 5) is 0. The molecule has 0 amide bonds. The highest BCUT2D eigenvalue weighted by Gasteiger charge is 2.14. The van der Waals surface area contributed by atoms with E-state index in [1.54, 1.807) is 0 Å². The van der Waals surface area contributed by atoms with Crippen LogP contribution in [-0.2, 0) is 0 Å². The molecule has 4 rings (SSSR count). The second kappa shape index (κ2) is 5.84. The van der Waals surface area contributed by atoms with E-state index >= 15 is 0 Å². The number of nitrogens with zero attached hydrogens (tertiary/aromatic N) is 5. The molecule has 0 atom stereocenters. The monoisotopic (exact) mass is 302 g/mol. The number of aromatic nitrogens is 5. The zero-order chi connectivity index (χ0) is 15.5. The lowest BCUT2D eigenvalue weighted by molar-refractivity contribution is 0.730. The van der Waals surface area contributed by atoms with Crippen LogP contribution in [0.2, 0.25) is 0 Å². The van der Waals surface area contributed by atoms with Crippen molar-refractivity contribution >= 4 is 11.5 Å². The first-order chi connectivity index (χ1) is 11.4. The second-order valence-electron chi connectivity index (χ2n) is 5.14. The molecule has 2 aromatic heterocycles. The van der Waals surface area contributed by atoms with Crippen LogP contribution in [0.3, 0.4) is 0 Å². The highest BCUT2D eigenvalue weighted by atomic mass is 15.6. The molecule has 0 radical (unpaired) electrons. The Balaban J connectivity index is 1.73. The van der Waals surface area contributed by atoms with E-state index in [-0.39, 0.29) is 6.04 Å². The van der Waals surface area contributed by atoms with Crippen LogP contribution in [0.15, 0.2) is 72.8 Å². The van der Waals surface area contributed by atoms with Gasteiger partial charge in [-0.25, -0.2) is 0 Å². The summed E-state index contributed by atoms with van der Waals surface area (Å²) in [5.74, 6) is 0.711. The summed E-state index contributed by atoms with van der Waals surface area (Å²) in [5.41, 5.74) is 2.95. The van der Waals surface area contributed by atoms with Crippen LogP contribution in [0, 0.1) is 0 Å². The fraction of sp³-hybridized carbons (Fsp3) is 0.0588. The molecule has 6 heteroatoms. The Morgan fingerprint density at radius 1 is 0.783 bits per heavy atom. The van der Waals surface area contributed by atoms with Gasteiger partial charge in [0.2, 0.25) is 0 Å². The zero-order valence-electron chi connectivity index (χ0n) is 12.2. The molecular weight excluding hydrogens is 288 g/mol. The quantitative estimate of drug-likeness (QED) is 0.628. The van der Waals surface area contributed by atoms with Gasteiger partial charge in [0.05, 0.1) is 6.04 Å². The molecule has 0 aliphatic carbocycles. The standard InChI is InChI=1S/C17H14N6/c1-3-7-13(8-4-1)17(14-9-5-2-6-10-14)18-15-11-12-16-19-21-22-23(16)20-15/h1-12,17H,(H,18,20). The summed E-state index contributed by atoms with van der Waals surface area (Å²) >= 11 is 0. The van der Waals surface area contributed by atoms with E-state index in [9.17, 15) is 0 Å². The van der Waals surface area contributed by atoms with Crippen LogP contribution in [-0.4, -0.2) is 25.3 Å². The Morgan fingerprint density at radius 2 is 1.43 bits per heavy atom. The third-order valence-corrected chi connectivity index (χ3v) is 3.63. The minimum atomic E-state index is -0.00108. The van der Waals surface area contributed by atoms with Crippen LogP contribution in [0.1, 0.15) is 17.2 Å². The molecule has 2 aromatic carbocycles. The van der Waals surface area contributed by atoms with Crippen LogP contribution >= 0.6 is 0 Å². The maximum Gasteiger partial charge on any atom is 0.200 e. The average Bonchev–Trinajstić information content (AvgIpc) is 3.09. The topological polar surface area (TPSA) is 68.0 Å². The van der Waals surface area contributed by atoms with Crippen molar-refractivity contribution in [1.29, 1.82) is 0 Å². The first kappa shape index (κ1) is 13.4. The maximum absolute atomic E-state index is 4.40. The van der Waals surface area contributed by atoms with Gasteiger partial charge in [0.25, 0.3) is 0 Å². The predicted molar refractivity (Wildman–Crippen MR) is 86.9 cm³/mol. The van der Waals surface area contributed by atoms with Gasteiger partial charge < -0.3 is 5.32 Å². The van der Waals surface area contributed by atoms with E-state index in [0.717, 1.165) is 11.1 Å². The summed E-state index contributed by atoms with van der Waals surface area (Å²) in [6.07, 6.45) is 0. The smallest absolute Gasteiger partial charge is 0.200 e. The number of rotatable bonds is 4. The van der Waals surface area contributed by atoms with Crippen molar-refractivity contribution in [2.24, 2.45) is 0 Å². The van der Waals surface area contributed by atoms with Gasteiger partial charge in [-0.3, -0.25) is 0 Å². The molecule has 0 spiro atoms. The molecule has 6 nitrogen and oxygen atoms in total. The van der Waals surface area contributed by atoms with Gasteiger partial charge in [-0.05, 0) is 33.7 Å². The minimum Gasteiger partial charge on any atom is -0.358 e. The molecule has 0 aliphatic rings. The number of benzene rings is 2. The molecule has 112 valence electrons. The van der Waals surface area contributed by atoms with Crippen molar-refractivity contribution < 1.29 is 0 Å². The number of hydrogen-bond acceptors (Lipinski definition) is 5. The lowest BCUT2D eigenvalue weighted by Gasteiger charge is -2.20. The lowest BCUT2D eigenvalue weighted by atomic mass is 9.99. The molecule has 4 aromatic rings. The predicted octanol–water partition coefficient (Wildman–Crippen LogP) is 2.72. The Labute approximate surface area is 132 Å². The molecule has 0 saturated carbocycles. The van der Waals surface area contributed by atoms with E-state index in [1.165, 1.54) is 4.63 Å². The van der Waals surface area contributed by atoms with Gasteiger partial charge in [0.15, 0.2) is 5.65 Å². The van der Waals surface area contributed by atoms with Crippen molar-refractivity contribution in [2.45, 2.75) is 6.04 Å². The largest absolute Gasteiger partial charge is 0.358 e. The minimum absolute atomic E-state index is 0.00108. The van der Waals surface area contributed by atoms with Crippen molar-refractivity contribution in [3.63, 3.8) is 0 Å². The van der Waals surface area contributed by atoms with Crippen molar-refractivity contribution in [2.75, 3.05) is 5.32 Å². The van der Waals surface area contributed by atoms with E-state index < -0.39 is 0 Å². The first-order valence-electron chi connectivity index (χ1n) is 7.32. The lowest BCUT2D eigenvalue weighted by Crippen LogP contribution is -2.14. The van der Waals surface area contributed by atoms with Gasteiger partial charge in [-0.2, -0.15) is 0 Å². The summed E-state index contributed by atoms with van der Waals surface area (Å²) < 4.78 is 1.41. The van der Waals surface area contributed by atoms with Crippen LogP contribution in [0.25, 0.3) is 5.65 Å². The SMILES string of the molecule is c1ccc(C(Nc2ccc3nnnn3n2)c2ccccc2)cc1. The average molecular weight is 302 g/mol. The Kier molecular flexibility index (Phi) is 3.40. The molecule has 1 N–H and O–H groups in total. The van der Waals surface area contributed by atoms with Crippen molar-refractivity contribution in [1.82, 2.24) is 25.3 Å². The number of tetrazole rings is 1. The molecular formula is C17H14N6. The Hall–Kier alpha value is -3.28. The van der Waals surface area contributed by atoms with E-state index in [2.05, 4.69) is 50.2 Å². The summed E-state index contributed by atoms with van der Waals surface area (Å²) in [5, 5.41) is 19.2. The normalized spacial score (nSPS) is 11.0. The number of anilines is 1. The number of fused-ring (bicyclic) bond motifs is 1. The van der Waals surface area contributed by atoms with Crippen LogP contribution in [0.5, 0.6) is 0 Å². The highest BCUT2D eigenvalue weighted by molar-refractivity contribution is 5.47. The second-order valence-corrected chi connectivity index (χ2v) is 5.14. The van der Waals surface area contributed by atoms with Crippen molar-refractivity contribution in [3.05, 3.63) is 83.9 Å². The van der Waals surface area contributed by atoms with Gasteiger partial charge in [0, 0.05) is 0 Å². The fourth-order valence-electron chi connectivity index (χ4n) is 2.52. The molecule has 0 saturated heterocycles. The van der Waals surface area contributed by atoms with Crippen LogP contribution < -0.4 is 5.32 Å².